The molecule has 2 nitrogen and oxygen atoms in total. The quantitative estimate of drug-likeness (QED) is 0.744. The molecule has 4 heteroatoms. The second kappa shape index (κ2) is 3.97. The standard InChI is InChI=1S/C8H8ClFN2/c9-7-2-1-6(5-8(7)10)12-4-3-11/h1-5,12H,11H2/b4-3-. The molecule has 1 aromatic rings. The Labute approximate surface area is 74.8 Å². The van der Waals surface area contributed by atoms with E-state index in [1.807, 2.05) is 0 Å². The van der Waals surface area contributed by atoms with Crippen LogP contribution in [0, 0.1) is 5.82 Å². The van der Waals surface area contributed by atoms with Crippen LogP contribution in [-0.4, -0.2) is 0 Å². The summed E-state index contributed by atoms with van der Waals surface area (Å²) in [4.78, 5) is 0. The van der Waals surface area contributed by atoms with E-state index in [9.17, 15) is 4.39 Å². The Bertz CT molecular complexity index is 299. The van der Waals surface area contributed by atoms with Crippen LogP contribution in [0.4, 0.5) is 10.1 Å². The van der Waals surface area contributed by atoms with Crippen LogP contribution in [0.1, 0.15) is 0 Å². The normalized spacial score (nSPS) is 10.5. The number of nitrogens with two attached hydrogens (primary N) is 1. The first-order chi connectivity index (χ1) is 5.74. The number of benzene rings is 1. The Morgan fingerprint density at radius 1 is 1.50 bits per heavy atom. The summed E-state index contributed by atoms with van der Waals surface area (Å²) in [5, 5.41) is 2.87. The van der Waals surface area contributed by atoms with E-state index in [0.717, 1.165) is 0 Å². The lowest BCUT2D eigenvalue weighted by Crippen LogP contribution is -1.90. The number of hydrogen-bond donors (Lipinski definition) is 2. The first kappa shape index (κ1) is 8.87. The molecule has 0 unspecified atom stereocenters. The minimum atomic E-state index is -0.452. The Hall–Kier alpha value is -1.22. The lowest BCUT2D eigenvalue weighted by molar-refractivity contribution is 0.629. The third kappa shape index (κ3) is 2.13. The van der Waals surface area contributed by atoms with Crippen LogP contribution < -0.4 is 11.1 Å². The fraction of sp³-hybridized carbons (Fsp3) is 0. The lowest BCUT2D eigenvalue weighted by atomic mass is 10.3. The molecule has 0 saturated carbocycles. The van der Waals surface area contributed by atoms with Crippen molar-refractivity contribution in [1.29, 1.82) is 0 Å². The van der Waals surface area contributed by atoms with E-state index in [1.54, 1.807) is 6.07 Å². The second-order valence-corrected chi connectivity index (χ2v) is 2.54. The number of nitrogens with one attached hydrogen (secondary N) is 1. The molecule has 64 valence electrons. The topological polar surface area (TPSA) is 38.0 Å². The van der Waals surface area contributed by atoms with Gasteiger partial charge in [0, 0.05) is 18.1 Å². The van der Waals surface area contributed by atoms with E-state index in [4.69, 9.17) is 17.3 Å². The average molecular weight is 187 g/mol. The van der Waals surface area contributed by atoms with E-state index in [-0.39, 0.29) is 5.02 Å². The monoisotopic (exact) mass is 186 g/mol. The summed E-state index contributed by atoms with van der Waals surface area (Å²) in [5.74, 6) is -0.452. The number of anilines is 1. The van der Waals surface area contributed by atoms with Crippen LogP contribution in [0.25, 0.3) is 0 Å². The van der Waals surface area contributed by atoms with Crippen LogP contribution in [-0.2, 0) is 0 Å². The molecule has 0 bridgehead atoms. The van der Waals surface area contributed by atoms with Crippen LogP contribution >= 0.6 is 11.6 Å². The predicted octanol–water partition coefficient (Wildman–Crippen LogP) is 2.32. The molecular weight excluding hydrogens is 179 g/mol. The first-order valence-corrected chi connectivity index (χ1v) is 3.70. The molecule has 0 heterocycles. The maximum absolute atomic E-state index is 12.8. The molecule has 0 fully saturated rings. The smallest absolute Gasteiger partial charge is 0.143 e. The molecule has 0 saturated heterocycles. The molecule has 0 aromatic heterocycles. The summed E-state index contributed by atoms with van der Waals surface area (Å²) in [6.07, 6.45) is 2.83. The summed E-state index contributed by atoms with van der Waals surface area (Å²) in [6, 6.07) is 4.43. The van der Waals surface area contributed by atoms with Gasteiger partial charge >= 0.3 is 0 Å². The SMILES string of the molecule is N/C=C\Nc1ccc(Cl)c(F)c1. The highest BCUT2D eigenvalue weighted by atomic mass is 35.5. The highest BCUT2D eigenvalue weighted by Crippen LogP contribution is 2.18. The molecule has 0 radical (unpaired) electrons. The van der Waals surface area contributed by atoms with Crippen molar-refractivity contribution < 1.29 is 4.39 Å². The molecule has 0 amide bonds. The van der Waals surface area contributed by atoms with Crippen molar-refractivity contribution in [2.75, 3.05) is 5.32 Å². The molecule has 0 aliphatic rings. The maximum atomic E-state index is 12.8. The Morgan fingerprint density at radius 2 is 2.25 bits per heavy atom. The van der Waals surface area contributed by atoms with Gasteiger partial charge in [-0.2, -0.15) is 0 Å². The molecule has 12 heavy (non-hydrogen) atoms. The third-order valence-electron chi connectivity index (χ3n) is 1.27. The largest absolute Gasteiger partial charge is 0.403 e. The molecule has 1 rings (SSSR count). The zero-order valence-electron chi connectivity index (χ0n) is 6.22. The van der Waals surface area contributed by atoms with Gasteiger partial charge in [-0.15, -0.1) is 0 Å². The van der Waals surface area contributed by atoms with E-state index < -0.39 is 5.82 Å². The summed E-state index contributed by atoms with van der Waals surface area (Å²) in [7, 11) is 0. The van der Waals surface area contributed by atoms with Gasteiger partial charge in [0.1, 0.15) is 5.82 Å². The van der Waals surface area contributed by atoms with Crippen LogP contribution in [0.5, 0.6) is 0 Å². The van der Waals surface area contributed by atoms with Gasteiger partial charge in [0.2, 0.25) is 0 Å². The molecule has 0 aliphatic heterocycles. The minimum absolute atomic E-state index is 0.109. The third-order valence-corrected chi connectivity index (χ3v) is 1.57. The molecule has 1 aromatic carbocycles. The van der Waals surface area contributed by atoms with Crippen molar-refractivity contribution in [2.24, 2.45) is 5.73 Å². The van der Waals surface area contributed by atoms with Gasteiger partial charge in [-0.3, -0.25) is 0 Å². The predicted molar refractivity (Wildman–Crippen MR) is 48.4 cm³/mol. The minimum Gasteiger partial charge on any atom is -0.403 e. The van der Waals surface area contributed by atoms with Gasteiger partial charge in [-0.05, 0) is 18.2 Å². The van der Waals surface area contributed by atoms with Crippen molar-refractivity contribution in [1.82, 2.24) is 0 Å². The van der Waals surface area contributed by atoms with Gasteiger partial charge < -0.3 is 11.1 Å². The fourth-order valence-corrected chi connectivity index (χ4v) is 0.848. The highest BCUT2D eigenvalue weighted by molar-refractivity contribution is 6.30. The van der Waals surface area contributed by atoms with Gasteiger partial charge in [0.05, 0.1) is 5.02 Å². The molecule has 0 spiro atoms. The summed E-state index contributed by atoms with van der Waals surface area (Å²) >= 11 is 5.47. The average Bonchev–Trinajstić information content (AvgIpc) is 2.07. The Kier molecular flexibility index (Phi) is 2.94. The Balaban J connectivity index is 2.82. The maximum Gasteiger partial charge on any atom is 0.143 e. The zero-order chi connectivity index (χ0) is 8.97. The molecule has 0 atom stereocenters. The molecule has 3 N–H and O–H groups in total. The van der Waals surface area contributed by atoms with E-state index in [0.29, 0.717) is 5.69 Å². The zero-order valence-corrected chi connectivity index (χ0v) is 6.98. The van der Waals surface area contributed by atoms with Crippen LogP contribution in [0.15, 0.2) is 30.6 Å². The first-order valence-electron chi connectivity index (χ1n) is 3.32. The second-order valence-electron chi connectivity index (χ2n) is 2.13. The number of rotatable bonds is 2. The van der Waals surface area contributed by atoms with Gasteiger partial charge in [0.15, 0.2) is 0 Å². The van der Waals surface area contributed by atoms with Crippen molar-refractivity contribution in [3.63, 3.8) is 0 Å². The van der Waals surface area contributed by atoms with Gasteiger partial charge in [0.25, 0.3) is 0 Å². The molecule has 0 aliphatic carbocycles. The highest BCUT2D eigenvalue weighted by Gasteiger charge is 1.98. The molecular formula is C8H8ClFN2. The lowest BCUT2D eigenvalue weighted by Gasteiger charge is -2.00. The Morgan fingerprint density at radius 3 is 2.83 bits per heavy atom. The van der Waals surface area contributed by atoms with Crippen molar-refractivity contribution in [3.05, 3.63) is 41.4 Å². The number of halogens is 2. The van der Waals surface area contributed by atoms with Crippen molar-refractivity contribution in [2.45, 2.75) is 0 Å². The van der Waals surface area contributed by atoms with Crippen molar-refractivity contribution in [3.8, 4) is 0 Å². The fourth-order valence-electron chi connectivity index (χ4n) is 0.730. The number of hydrogen-bond acceptors (Lipinski definition) is 2. The van der Waals surface area contributed by atoms with E-state index in [2.05, 4.69) is 5.32 Å². The summed E-state index contributed by atoms with van der Waals surface area (Å²) in [6.45, 7) is 0. The van der Waals surface area contributed by atoms with E-state index in [1.165, 1.54) is 24.5 Å². The van der Waals surface area contributed by atoms with Crippen LogP contribution in [0.3, 0.4) is 0 Å². The van der Waals surface area contributed by atoms with E-state index >= 15 is 0 Å². The summed E-state index contributed by atoms with van der Waals surface area (Å²) < 4.78 is 12.8. The van der Waals surface area contributed by atoms with Gasteiger partial charge in [-0.1, -0.05) is 11.6 Å². The summed E-state index contributed by atoms with van der Waals surface area (Å²) in [5.41, 5.74) is 5.69. The van der Waals surface area contributed by atoms with Crippen molar-refractivity contribution >= 4 is 17.3 Å². The van der Waals surface area contributed by atoms with Crippen LogP contribution in [0.2, 0.25) is 5.02 Å². The van der Waals surface area contributed by atoms with Gasteiger partial charge in [-0.25, -0.2) is 4.39 Å².